The first kappa shape index (κ1) is 19.1. The molecule has 0 aliphatic heterocycles. The van der Waals surface area contributed by atoms with E-state index in [4.69, 9.17) is 4.74 Å². The lowest BCUT2D eigenvalue weighted by atomic mass is 10.2. The highest BCUT2D eigenvalue weighted by atomic mass is 32.1. The zero-order chi connectivity index (χ0) is 19.4. The minimum absolute atomic E-state index is 0.137. The van der Waals surface area contributed by atoms with Crippen molar-refractivity contribution in [2.45, 2.75) is 13.8 Å². The van der Waals surface area contributed by atoms with Gasteiger partial charge in [0, 0.05) is 0 Å². The van der Waals surface area contributed by atoms with E-state index in [-0.39, 0.29) is 18.4 Å². The Morgan fingerprint density at radius 1 is 1.22 bits per heavy atom. The van der Waals surface area contributed by atoms with Crippen LogP contribution in [0.1, 0.15) is 20.9 Å². The molecular weight excluding hydrogens is 382 g/mol. The van der Waals surface area contributed by atoms with Gasteiger partial charge in [-0.15, -0.1) is 22.7 Å². The summed E-state index contributed by atoms with van der Waals surface area (Å²) < 4.78 is 5.24. The van der Waals surface area contributed by atoms with E-state index < -0.39 is 0 Å². The number of hydrogen-bond acceptors (Lipinski definition) is 6. The van der Waals surface area contributed by atoms with E-state index in [2.05, 4.69) is 15.6 Å². The highest BCUT2D eigenvalue weighted by Gasteiger charge is 2.17. The summed E-state index contributed by atoms with van der Waals surface area (Å²) in [5.74, 6) is -0.0637. The third-order valence-electron chi connectivity index (χ3n) is 3.77. The summed E-state index contributed by atoms with van der Waals surface area (Å²) in [5.41, 5.74) is 2.23. The number of rotatable bonds is 6. The number of aryl methyl sites for hydroxylation is 2. The van der Waals surface area contributed by atoms with Gasteiger partial charge >= 0.3 is 0 Å². The lowest BCUT2D eigenvalue weighted by molar-refractivity contribution is -0.115. The van der Waals surface area contributed by atoms with Crippen molar-refractivity contribution in [2.75, 3.05) is 19.0 Å². The molecule has 140 valence electrons. The Balaban J connectivity index is 1.63. The maximum Gasteiger partial charge on any atom is 0.263 e. The van der Waals surface area contributed by atoms with Crippen molar-refractivity contribution < 1.29 is 14.3 Å². The summed E-state index contributed by atoms with van der Waals surface area (Å²) in [5, 5.41) is 8.19. The molecule has 0 bridgehead atoms. The van der Waals surface area contributed by atoms with Crippen LogP contribution in [0.2, 0.25) is 0 Å². The molecule has 2 amide bonds. The van der Waals surface area contributed by atoms with E-state index in [1.54, 1.807) is 31.4 Å². The van der Waals surface area contributed by atoms with Crippen molar-refractivity contribution in [1.82, 2.24) is 10.3 Å². The SMILES string of the molecule is COc1ccc(C)cc1NC(=O)CNC(=O)c1sc(-c2cccs2)nc1C. The van der Waals surface area contributed by atoms with Gasteiger partial charge in [0.25, 0.3) is 5.91 Å². The smallest absolute Gasteiger partial charge is 0.263 e. The van der Waals surface area contributed by atoms with Gasteiger partial charge in [0.2, 0.25) is 5.91 Å². The first-order chi connectivity index (χ1) is 13.0. The number of carbonyl (C=O) groups is 2. The highest BCUT2D eigenvalue weighted by molar-refractivity contribution is 7.22. The topological polar surface area (TPSA) is 80.3 Å². The fourth-order valence-corrected chi connectivity index (χ4v) is 4.25. The standard InChI is InChI=1S/C19H19N3O3S2/c1-11-6-7-14(25-3)13(9-11)22-16(23)10-20-18(24)17-12(2)21-19(27-17)15-5-4-8-26-15/h4-9H,10H2,1-3H3,(H,20,24)(H,22,23). The van der Waals surface area contributed by atoms with Crippen molar-refractivity contribution in [3.8, 4) is 15.6 Å². The summed E-state index contributed by atoms with van der Waals surface area (Å²) in [6.07, 6.45) is 0. The Hall–Kier alpha value is -2.71. The van der Waals surface area contributed by atoms with E-state index in [0.717, 1.165) is 15.4 Å². The number of nitrogens with one attached hydrogen (secondary N) is 2. The van der Waals surface area contributed by atoms with E-state index >= 15 is 0 Å². The molecule has 0 radical (unpaired) electrons. The second-order valence-electron chi connectivity index (χ2n) is 5.85. The summed E-state index contributed by atoms with van der Waals surface area (Å²) in [7, 11) is 1.54. The number of methoxy groups -OCH3 is 1. The van der Waals surface area contributed by atoms with Gasteiger partial charge in [0.05, 0.1) is 29.9 Å². The van der Waals surface area contributed by atoms with E-state index in [0.29, 0.717) is 22.0 Å². The van der Waals surface area contributed by atoms with Crippen molar-refractivity contribution in [3.05, 3.63) is 51.8 Å². The molecule has 0 aliphatic rings. The van der Waals surface area contributed by atoms with Gasteiger partial charge in [0.15, 0.2) is 0 Å². The lowest BCUT2D eigenvalue weighted by Crippen LogP contribution is -2.32. The van der Waals surface area contributed by atoms with E-state index in [1.165, 1.54) is 11.3 Å². The molecule has 0 atom stereocenters. The summed E-state index contributed by atoms with van der Waals surface area (Å²) in [6.45, 7) is 3.58. The van der Waals surface area contributed by atoms with Crippen LogP contribution in [0.5, 0.6) is 5.75 Å². The molecule has 0 spiro atoms. The third-order valence-corrected chi connectivity index (χ3v) is 5.97. The second-order valence-corrected chi connectivity index (χ2v) is 7.79. The summed E-state index contributed by atoms with van der Waals surface area (Å²) in [6, 6.07) is 9.41. The quantitative estimate of drug-likeness (QED) is 0.657. The molecule has 0 saturated heterocycles. The summed E-state index contributed by atoms with van der Waals surface area (Å²) >= 11 is 2.90. The third kappa shape index (κ3) is 4.53. The van der Waals surface area contributed by atoms with Crippen LogP contribution in [0.4, 0.5) is 5.69 Å². The Bertz CT molecular complexity index is 965. The molecule has 27 heavy (non-hydrogen) atoms. The van der Waals surface area contributed by atoms with Crippen molar-refractivity contribution >= 4 is 40.2 Å². The largest absolute Gasteiger partial charge is 0.495 e. The molecule has 2 N–H and O–H groups in total. The average molecular weight is 402 g/mol. The predicted molar refractivity (Wildman–Crippen MR) is 109 cm³/mol. The molecule has 6 nitrogen and oxygen atoms in total. The molecule has 1 aromatic carbocycles. The van der Waals surface area contributed by atoms with Gasteiger partial charge in [-0.05, 0) is 43.0 Å². The number of thiophene rings is 1. The molecule has 0 fully saturated rings. The van der Waals surface area contributed by atoms with Crippen molar-refractivity contribution in [3.63, 3.8) is 0 Å². The molecular formula is C19H19N3O3S2. The molecule has 2 aromatic heterocycles. The van der Waals surface area contributed by atoms with Gasteiger partial charge < -0.3 is 15.4 Å². The molecule has 0 aliphatic carbocycles. The summed E-state index contributed by atoms with van der Waals surface area (Å²) in [4.78, 5) is 30.6. The Morgan fingerprint density at radius 3 is 2.74 bits per heavy atom. The number of amides is 2. The molecule has 8 heteroatoms. The van der Waals surface area contributed by atoms with Gasteiger partial charge in [-0.25, -0.2) is 4.98 Å². The first-order valence-electron chi connectivity index (χ1n) is 8.22. The lowest BCUT2D eigenvalue weighted by Gasteiger charge is -2.11. The number of aromatic nitrogens is 1. The Morgan fingerprint density at radius 2 is 2.04 bits per heavy atom. The van der Waals surface area contributed by atoms with Crippen LogP contribution in [-0.2, 0) is 4.79 Å². The molecule has 0 saturated carbocycles. The second kappa shape index (κ2) is 8.32. The predicted octanol–water partition coefficient (Wildman–Crippen LogP) is 3.87. The van der Waals surface area contributed by atoms with Crippen LogP contribution in [-0.4, -0.2) is 30.5 Å². The van der Waals surface area contributed by atoms with Gasteiger partial charge in [0.1, 0.15) is 15.6 Å². The molecule has 3 rings (SSSR count). The Labute approximate surface area is 165 Å². The zero-order valence-electron chi connectivity index (χ0n) is 15.2. The number of ether oxygens (including phenoxy) is 1. The van der Waals surface area contributed by atoms with Crippen LogP contribution in [0.15, 0.2) is 35.7 Å². The average Bonchev–Trinajstić information content (AvgIpc) is 3.29. The van der Waals surface area contributed by atoms with Crippen LogP contribution in [0.25, 0.3) is 9.88 Å². The fourth-order valence-electron chi connectivity index (χ4n) is 2.47. The first-order valence-corrected chi connectivity index (χ1v) is 9.91. The van der Waals surface area contributed by atoms with Gasteiger partial charge in [-0.1, -0.05) is 12.1 Å². The van der Waals surface area contributed by atoms with E-state index in [1.807, 2.05) is 36.6 Å². The van der Waals surface area contributed by atoms with Crippen LogP contribution in [0.3, 0.4) is 0 Å². The normalized spacial score (nSPS) is 10.5. The Kier molecular flexibility index (Phi) is 5.88. The maximum atomic E-state index is 12.4. The number of carbonyl (C=O) groups excluding carboxylic acids is 2. The van der Waals surface area contributed by atoms with Gasteiger partial charge in [-0.2, -0.15) is 0 Å². The van der Waals surface area contributed by atoms with Crippen LogP contribution >= 0.6 is 22.7 Å². The van der Waals surface area contributed by atoms with Crippen LogP contribution in [0, 0.1) is 13.8 Å². The molecule has 3 aromatic rings. The zero-order valence-corrected chi connectivity index (χ0v) is 16.8. The number of benzene rings is 1. The van der Waals surface area contributed by atoms with Crippen LogP contribution < -0.4 is 15.4 Å². The van der Waals surface area contributed by atoms with E-state index in [9.17, 15) is 9.59 Å². The maximum absolute atomic E-state index is 12.4. The number of nitrogens with zero attached hydrogens (tertiary/aromatic N) is 1. The number of hydrogen-bond donors (Lipinski definition) is 2. The monoisotopic (exact) mass is 401 g/mol. The number of anilines is 1. The van der Waals surface area contributed by atoms with Gasteiger partial charge in [-0.3, -0.25) is 9.59 Å². The minimum atomic E-state index is -0.326. The van der Waals surface area contributed by atoms with Crippen molar-refractivity contribution in [2.24, 2.45) is 0 Å². The fraction of sp³-hybridized carbons (Fsp3) is 0.211. The molecule has 2 heterocycles. The highest BCUT2D eigenvalue weighted by Crippen LogP contribution is 2.31. The number of thiazole rings is 1. The molecule has 0 unspecified atom stereocenters. The van der Waals surface area contributed by atoms with Crippen molar-refractivity contribution in [1.29, 1.82) is 0 Å². The minimum Gasteiger partial charge on any atom is -0.495 e.